The van der Waals surface area contributed by atoms with Crippen molar-refractivity contribution in [3.05, 3.63) is 63.9 Å². The summed E-state index contributed by atoms with van der Waals surface area (Å²) < 4.78 is 38.0. The smallest absolute Gasteiger partial charge is 0.356 e. The molecule has 0 aliphatic rings. The van der Waals surface area contributed by atoms with Gasteiger partial charge in [0.1, 0.15) is 0 Å². The fourth-order valence-electron chi connectivity index (χ4n) is 3.19. The van der Waals surface area contributed by atoms with Gasteiger partial charge in [-0.05, 0) is 42.0 Å². The van der Waals surface area contributed by atoms with Crippen LogP contribution in [0.25, 0.3) is 10.9 Å². The number of halogens is 3. The SMILES string of the molecule is C#CCN(Cc1ccc2nc(NC(=O)C(C)(C)C)[nH]c(=O)c2c1)c1ccc(C(=O)C(F)(F)F)cc1. The van der Waals surface area contributed by atoms with E-state index >= 15 is 0 Å². The summed E-state index contributed by atoms with van der Waals surface area (Å²) in [7, 11) is 0. The fraction of sp³-hybridized carbons (Fsp3) is 0.280. The highest BCUT2D eigenvalue weighted by Gasteiger charge is 2.39. The summed E-state index contributed by atoms with van der Waals surface area (Å²) in [5.74, 6) is 0.307. The summed E-state index contributed by atoms with van der Waals surface area (Å²) in [4.78, 5) is 44.8. The highest BCUT2D eigenvalue weighted by atomic mass is 19.4. The summed E-state index contributed by atoms with van der Waals surface area (Å²) in [6, 6.07) is 9.95. The number of amides is 1. The zero-order valence-corrected chi connectivity index (χ0v) is 19.3. The van der Waals surface area contributed by atoms with Crippen LogP contribution >= 0.6 is 0 Å². The standard InChI is InChI=1S/C25H23F3N4O3/c1-5-12-32(17-9-7-16(8-10-17)20(33)25(26,27)28)14-15-6-11-19-18(13-15)21(34)30-23(29-19)31-22(35)24(2,3)4/h1,6-11,13H,12,14H2,2-4H3,(H2,29,30,31,34,35). The molecule has 7 nitrogen and oxygen atoms in total. The van der Waals surface area contributed by atoms with Crippen molar-refractivity contribution in [2.75, 3.05) is 16.8 Å². The molecule has 0 fully saturated rings. The van der Waals surface area contributed by atoms with Crippen LogP contribution < -0.4 is 15.8 Å². The number of fused-ring (bicyclic) bond motifs is 1. The summed E-state index contributed by atoms with van der Waals surface area (Å²) in [6.07, 6.45) is 0.506. The molecule has 0 atom stereocenters. The Kier molecular flexibility index (Phi) is 7.01. The first-order valence-corrected chi connectivity index (χ1v) is 10.5. The summed E-state index contributed by atoms with van der Waals surface area (Å²) in [6.45, 7) is 5.58. The third-order valence-electron chi connectivity index (χ3n) is 5.09. The number of hydrogen-bond acceptors (Lipinski definition) is 5. The lowest BCUT2D eigenvalue weighted by atomic mass is 9.96. The first-order chi connectivity index (χ1) is 16.3. The number of anilines is 2. The van der Waals surface area contributed by atoms with Crippen molar-refractivity contribution in [2.24, 2.45) is 5.41 Å². The second-order valence-corrected chi connectivity index (χ2v) is 8.90. The van der Waals surface area contributed by atoms with Gasteiger partial charge in [-0.25, -0.2) is 4.98 Å². The second-order valence-electron chi connectivity index (χ2n) is 8.90. The molecule has 3 rings (SSSR count). The maximum atomic E-state index is 12.7. The van der Waals surface area contributed by atoms with Gasteiger partial charge in [0, 0.05) is 23.2 Å². The monoisotopic (exact) mass is 484 g/mol. The van der Waals surface area contributed by atoms with E-state index in [0.29, 0.717) is 22.2 Å². The number of terminal acetylenes is 1. The van der Waals surface area contributed by atoms with Crippen molar-refractivity contribution in [2.45, 2.75) is 33.5 Å². The van der Waals surface area contributed by atoms with Crippen LogP contribution in [0, 0.1) is 17.8 Å². The molecule has 0 aliphatic carbocycles. The van der Waals surface area contributed by atoms with Gasteiger partial charge in [-0.15, -0.1) is 6.42 Å². The molecule has 1 aromatic heterocycles. The normalized spacial score (nSPS) is 11.7. The molecule has 0 unspecified atom stereocenters. The molecule has 0 aliphatic heterocycles. The van der Waals surface area contributed by atoms with Gasteiger partial charge >= 0.3 is 6.18 Å². The molecular weight excluding hydrogens is 461 g/mol. The maximum absolute atomic E-state index is 12.7. The first kappa shape index (κ1) is 25.5. The zero-order chi connectivity index (χ0) is 26.0. The van der Waals surface area contributed by atoms with Gasteiger partial charge in [-0.2, -0.15) is 13.2 Å². The van der Waals surface area contributed by atoms with Crippen molar-refractivity contribution >= 4 is 34.2 Å². The number of alkyl halides is 3. The van der Waals surface area contributed by atoms with Crippen LogP contribution in [0.3, 0.4) is 0 Å². The summed E-state index contributed by atoms with van der Waals surface area (Å²) >= 11 is 0. The minimum atomic E-state index is -4.96. The van der Waals surface area contributed by atoms with E-state index in [4.69, 9.17) is 6.42 Å². The van der Waals surface area contributed by atoms with E-state index in [1.54, 1.807) is 43.9 Å². The Balaban J connectivity index is 1.86. The molecule has 2 aromatic carbocycles. The Morgan fingerprint density at radius 2 is 1.77 bits per heavy atom. The number of ketones is 1. The van der Waals surface area contributed by atoms with E-state index in [0.717, 1.165) is 12.1 Å². The molecule has 0 saturated heterocycles. The number of aromatic nitrogens is 2. The van der Waals surface area contributed by atoms with E-state index in [9.17, 15) is 27.6 Å². The quantitative estimate of drug-likeness (QED) is 0.402. The lowest BCUT2D eigenvalue weighted by Gasteiger charge is -2.23. The Morgan fingerprint density at radius 1 is 1.11 bits per heavy atom. The molecule has 1 amide bonds. The van der Waals surface area contributed by atoms with E-state index in [2.05, 4.69) is 21.2 Å². The molecule has 3 aromatic rings. The highest BCUT2D eigenvalue weighted by molar-refractivity contribution is 6.00. The van der Waals surface area contributed by atoms with Gasteiger partial charge in [-0.1, -0.05) is 32.8 Å². The minimum absolute atomic E-state index is 0.0395. The van der Waals surface area contributed by atoms with Gasteiger partial charge in [0.25, 0.3) is 11.3 Å². The molecule has 0 spiro atoms. The van der Waals surface area contributed by atoms with Crippen LogP contribution in [0.15, 0.2) is 47.3 Å². The number of carbonyl (C=O) groups excluding carboxylic acids is 2. The summed E-state index contributed by atoms with van der Waals surface area (Å²) in [5, 5.41) is 2.89. The number of nitrogens with zero attached hydrogens (tertiary/aromatic N) is 2. The zero-order valence-electron chi connectivity index (χ0n) is 19.3. The fourth-order valence-corrected chi connectivity index (χ4v) is 3.19. The van der Waals surface area contributed by atoms with Gasteiger partial charge in [-0.3, -0.25) is 24.7 Å². The van der Waals surface area contributed by atoms with Crippen LogP contribution in [0.1, 0.15) is 36.7 Å². The highest BCUT2D eigenvalue weighted by Crippen LogP contribution is 2.25. The average Bonchev–Trinajstić information content (AvgIpc) is 2.77. The second kappa shape index (κ2) is 9.62. The largest absolute Gasteiger partial charge is 0.454 e. The van der Waals surface area contributed by atoms with Crippen molar-refractivity contribution in [3.63, 3.8) is 0 Å². The molecule has 0 bridgehead atoms. The van der Waals surface area contributed by atoms with E-state index in [1.165, 1.54) is 12.1 Å². The number of carbonyl (C=O) groups is 2. The van der Waals surface area contributed by atoms with Gasteiger partial charge < -0.3 is 4.90 Å². The Morgan fingerprint density at radius 3 is 2.34 bits per heavy atom. The molecule has 0 saturated carbocycles. The number of benzene rings is 2. The first-order valence-electron chi connectivity index (χ1n) is 10.5. The number of Topliss-reactive ketones (excluding diaryl/α,β-unsaturated/α-hetero) is 1. The molecule has 2 N–H and O–H groups in total. The van der Waals surface area contributed by atoms with Crippen molar-refractivity contribution < 1.29 is 22.8 Å². The van der Waals surface area contributed by atoms with E-state index in [1.807, 2.05) is 0 Å². The van der Waals surface area contributed by atoms with Gasteiger partial charge in [0.2, 0.25) is 11.9 Å². The Bertz CT molecular complexity index is 1360. The number of nitrogens with one attached hydrogen (secondary N) is 2. The molecule has 182 valence electrons. The molecular formula is C25H23F3N4O3. The van der Waals surface area contributed by atoms with Gasteiger partial charge in [0.15, 0.2) is 0 Å². The van der Waals surface area contributed by atoms with Crippen molar-refractivity contribution in [3.8, 4) is 12.3 Å². The van der Waals surface area contributed by atoms with Crippen LogP contribution in [0.5, 0.6) is 0 Å². The lowest BCUT2D eigenvalue weighted by molar-refractivity contribution is -0.123. The number of hydrogen-bond donors (Lipinski definition) is 2. The molecule has 1 heterocycles. The molecule has 35 heavy (non-hydrogen) atoms. The summed E-state index contributed by atoms with van der Waals surface area (Å²) in [5.41, 5.74) is -0.00813. The Hall–Kier alpha value is -4.13. The number of rotatable bonds is 6. The van der Waals surface area contributed by atoms with Crippen LogP contribution in [-0.4, -0.2) is 34.4 Å². The predicted molar refractivity (Wildman–Crippen MR) is 127 cm³/mol. The molecule has 10 heteroatoms. The van der Waals surface area contributed by atoms with Crippen molar-refractivity contribution in [1.82, 2.24) is 9.97 Å². The number of H-pyrrole nitrogens is 1. The maximum Gasteiger partial charge on any atom is 0.454 e. The third-order valence-corrected chi connectivity index (χ3v) is 5.09. The van der Waals surface area contributed by atoms with Crippen molar-refractivity contribution in [1.29, 1.82) is 0 Å². The van der Waals surface area contributed by atoms with Gasteiger partial charge in [0.05, 0.1) is 17.4 Å². The predicted octanol–water partition coefficient (Wildman–Crippen LogP) is 4.29. The third kappa shape index (κ3) is 6.06. The Labute approximate surface area is 199 Å². The van der Waals surface area contributed by atoms with Crippen LogP contribution in [-0.2, 0) is 11.3 Å². The average molecular weight is 484 g/mol. The van der Waals surface area contributed by atoms with E-state index in [-0.39, 0.29) is 24.9 Å². The van der Waals surface area contributed by atoms with Crippen LogP contribution in [0.2, 0.25) is 0 Å². The topological polar surface area (TPSA) is 95.2 Å². The number of aromatic amines is 1. The minimum Gasteiger partial charge on any atom is -0.356 e. The van der Waals surface area contributed by atoms with Crippen LogP contribution in [0.4, 0.5) is 24.8 Å². The lowest BCUT2D eigenvalue weighted by Crippen LogP contribution is -2.29. The molecule has 0 radical (unpaired) electrons. The van der Waals surface area contributed by atoms with E-state index < -0.39 is 28.5 Å².